The molecule has 0 bridgehead atoms. The molecule has 0 fully saturated rings. The molecule has 2 aromatic heterocycles. The first kappa shape index (κ1) is 39.1. The number of nitrogens with zero attached hydrogens (tertiary/aromatic N) is 6. The number of benzene rings is 2. The van der Waals surface area contributed by atoms with E-state index < -0.39 is 25.9 Å². The first-order valence-corrected chi connectivity index (χ1v) is 19.1. The Bertz CT molecular complexity index is 2010. The molecule has 0 unspecified atom stereocenters. The van der Waals surface area contributed by atoms with Crippen molar-refractivity contribution in [2.24, 2.45) is 0 Å². The van der Waals surface area contributed by atoms with Crippen LogP contribution in [0.2, 0.25) is 0 Å². The van der Waals surface area contributed by atoms with E-state index in [0.29, 0.717) is 34.6 Å². The van der Waals surface area contributed by atoms with Gasteiger partial charge >= 0.3 is 0 Å². The molecule has 0 saturated carbocycles. The zero-order chi connectivity index (χ0) is 36.8. The van der Waals surface area contributed by atoms with Crippen molar-refractivity contribution in [3.63, 3.8) is 0 Å². The fraction of sp³-hybridized carbons (Fsp3) is 0.382. The summed E-state index contributed by atoms with van der Waals surface area (Å²) in [5.74, 6) is -0.536. The van der Waals surface area contributed by atoms with E-state index in [-0.39, 0.29) is 36.0 Å². The Kier molecular flexibility index (Phi) is 12.7. The number of aromatic nitrogens is 4. The van der Waals surface area contributed by atoms with E-state index in [2.05, 4.69) is 19.9 Å². The predicted molar refractivity (Wildman–Crippen MR) is 189 cm³/mol. The third kappa shape index (κ3) is 9.63. The van der Waals surface area contributed by atoms with Crippen molar-refractivity contribution in [3.8, 4) is 22.5 Å². The van der Waals surface area contributed by atoms with Gasteiger partial charge in [-0.15, -0.1) is 0 Å². The maximum absolute atomic E-state index is 13.2. The second-order valence-electron chi connectivity index (χ2n) is 12.0. The molecule has 0 spiro atoms. The molecule has 49 heavy (non-hydrogen) atoms. The van der Waals surface area contributed by atoms with E-state index in [0.717, 1.165) is 44.2 Å². The number of carbonyl (C=O) groups excluding carboxylic acids is 1. The molecule has 0 saturated heterocycles. The Hall–Kier alpha value is -4.37. The summed E-state index contributed by atoms with van der Waals surface area (Å²) in [5, 5.41) is 0. The summed E-state index contributed by atoms with van der Waals surface area (Å²) in [6.07, 6.45) is 3.70. The quantitative estimate of drug-likeness (QED) is 0.173. The Morgan fingerprint density at radius 3 is 1.31 bits per heavy atom. The Balaban J connectivity index is 0.000000266. The molecule has 11 nitrogen and oxygen atoms in total. The molecule has 0 aliphatic heterocycles. The van der Waals surface area contributed by atoms with Crippen molar-refractivity contribution in [1.29, 1.82) is 0 Å². The predicted octanol–water partition coefficient (Wildman–Crippen LogP) is 5.91. The maximum atomic E-state index is 13.2. The van der Waals surface area contributed by atoms with Crippen LogP contribution in [0.4, 0.5) is 20.7 Å². The van der Waals surface area contributed by atoms with Crippen LogP contribution in [0.25, 0.3) is 22.5 Å². The van der Waals surface area contributed by atoms with Crippen LogP contribution in [-0.4, -0.2) is 69.7 Å². The van der Waals surface area contributed by atoms with Gasteiger partial charge in [0.05, 0.1) is 35.3 Å². The summed E-state index contributed by atoms with van der Waals surface area (Å²) in [5.41, 5.74) is 5.35. The van der Waals surface area contributed by atoms with Crippen LogP contribution >= 0.6 is 0 Å². The van der Waals surface area contributed by atoms with Gasteiger partial charge in [-0.25, -0.2) is 54.2 Å². The molecule has 4 rings (SSSR count). The summed E-state index contributed by atoms with van der Waals surface area (Å²) in [4.78, 5) is 28.8. The lowest BCUT2D eigenvalue weighted by Gasteiger charge is -2.21. The zero-order valence-corrected chi connectivity index (χ0v) is 30.7. The van der Waals surface area contributed by atoms with Crippen LogP contribution in [0.3, 0.4) is 0 Å². The van der Waals surface area contributed by atoms with Gasteiger partial charge in [-0.2, -0.15) is 0 Å². The van der Waals surface area contributed by atoms with Gasteiger partial charge < -0.3 is 4.79 Å². The van der Waals surface area contributed by atoms with Crippen molar-refractivity contribution in [2.75, 3.05) is 35.2 Å². The highest BCUT2D eigenvalue weighted by Crippen LogP contribution is 2.32. The number of carbonyl (C=O) groups is 1. The highest BCUT2D eigenvalue weighted by Gasteiger charge is 2.24. The smallest absolute Gasteiger partial charge is 0.239 e. The topological polar surface area (TPSA) is 143 Å². The van der Waals surface area contributed by atoms with E-state index in [1.165, 1.54) is 38.4 Å². The summed E-state index contributed by atoms with van der Waals surface area (Å²) in [6, 6.07) is 11.7. The largest absolute Gasteiger partial charge is 0.303 e. The standard InChI is InChI=1S/C17H20FN3O3S.C17H22FN3O2S/c1-11(2)15-14(9-10-22)16(12-5-7-13(18)8-6-12)20-17(19-15)21(3)25(4,23)24;1-6-14-15(11(2)3)19-17(21(4)24(5,22)23)20-16(14)12-7-9-13(18)10-8-12/h5-8,10-11H,9H2,1-4H3;7-11H,6H2,1-5H3. The van der Waals surface area contributed by atoms with Crippen molar-refractivity contribution in [1.82, 2.24) is 19.9 Å². The van der Waals surface area contributed by atoms with Gasteiger partial charge in [-0.1, -0.05) is 34.6 Å². The van der Waals surface area contributed by atoms with Crippen LogP contribution < -0.4 is 8.61 Å². The minimum absolute atomic E-state index is 0.0140. The third-order valence-corrected chi connectivity index (χ3v) is 9.90. The van der Waals surface area contributed by atoms with Crippen molar-refractivity contribution in [2.45, 2.75) is 59.3 Å². The van der Waals surface area contributed by atoms with E-state index in [1.807, 2.05) is 34.6 Å². The highest BCUT2D eigenvalue weighted by atomic mass is 32.2. The van der Waals surface area contributed by atoms with E-state index in [9.17, 15) is 30.4 Å². The molecule has 2 heterocycles. The Labute approximate surface area is 287 Å². The van der Waals surface area contributed by atoms with Gasteiger partial charge in [0, 0.05) is 42.8 Å². The monoisotopic (exact) mass is 716 g/mol. The first-order valence-electron chi connectivity index (χ1n) is 15.4. The Morgan fingerprint density at radius 2 is 1.00 bits per heavy atom. The zero-order valence-electron chi connectivity index (χ0n) is 29.1. The lowest BCUT2D eigenvalue weighted by Crippen LogP contribution is -2.28. The number of halogens is 2. The average molecular weight is 717 g/mol. The number of anilines is 2. The average Bonchev–Trinajstić information content (AvgIpc) is 3.03. The molecule has 0 radical (unpaired) electrons. The van der Waals surface area contributed by atoms with Crippen LogP contribution in [0.15, 0.2) is 48.5 Å². The summed E-state index contributed by atoms with van der Waals surface area (Å²) < 4.78 is 75.9. The minimum atomic E-state index is -3.55. The third-order valence-electron chi connectivity index (χ3n) is 7.58. The lowest BCUT2D eigenvalue weighted by molar-refractivity contribution is -0.107. The maximum Gasteiger partial charge on any atom is 0.239 e. The SMILES string of the molecule is CC(C)c1nc(N(C)S(C)(=O)=O)nc(-c2ccc(F)cc2)c1CC=O.CCc1c(-c2ccc(F)cc2)nc(N(C)S(C)(=O)=O)nc1C(C)C. The van der Waals surface area contributed by atoms with E-state index in [1.54, 1.807) is 24.3 Å². The molecule has 0 aliphatic rings. The van der Waals surface area contributed by atoms with Crippen molar-refractivity contribution in [3.05, 3.63) is 82.7 Å². The van der Waals surface area contributed by atoms with Crippen LogP contribution in [0.5, 0.6) is 0 Å². The van der Waals surface area contributed by atoms with E-state index in [4.69, 9.17) is 0 Å². The number of rotatable bonds is 11. The summed E-state index contributed by atoms with van der Waals surface area (Å²) in [7, 11) is -4.24. The molecule has 0 N–H and O–H groups in total. The van der Waals surface area contributed by atoms with Gasteiger partial charge in [0.1, 0.15) is 17.9 Å². The molecule has 264 valence electrons. The minimum Gasteiger partial charge on any atom is -0.303 e. The fourth-order valence-electron chi connectivity index (χ4n) is 4.84. The van der Waals surface area contributed by atoms with Gasteiger partial charge in [0.25, 0.3) is 0 Å². The first-order chi connectivity index (χ1) is 22.8. The second-order valence-corrected chi connectivity index (χ2v) is 16.0. The van der Waals surface area contributed by atoms with E-state index >= 15 is 0 Å². The number of sulfonamides is 2. The van der Waals surface area contributed by atoms with Gasteiger partial charge in [0.2, 0.25) is 31.9 Å². The lowest BCUT2D eigenvalue weighted by atomic mass is 9.97. The normalized spacial score (nSPS) is 11.7. The summed E-state index contributed by atoms with van der Waals surface area (Å²) >= 11 is 0. The molecular weight excluding hydrogens is 675 g/mol. The fourth-order valence-corrected chi connectivity index (χ4v) is 5.59. The number of aldehydes is 1. The molecule has 0 atom stereocenters. The molecular formula is C34H42F2N6O5S2. The molecule has 0 amide bonds. The summed E-state index contributed by atoms with van der Waals surface area (Å²) in [6.45, 7) is 9.79. The van der Waals surface area contributed by atoms with Crippen molar-refractivity contribution < 1.29 is 30.4 Å². The van der Waals surface area contributed by atoms with Gasteiger partial charge in [-0.05, 0) is 66.8 Å². The molecule has 2 aromatic carbocycles. The molecule has 0 aliphatic carbocycles. The van der Waals surface area contributed by atoms with Crippen molar-refractivity contribution >= 4 is 38.2 Å². The van der Waals surface area contributed by atoms with Crippen LogP contribution in [0.1, 0.15) is 69.0 Å². The molecule has 4 aromatic rings. The Morgan fingerprint density at radius 1 is 0.653 bits per heavy atom. The molecule has 15 heteroatoms. The van der Waals surface area contributed by atoms with Gasteiger partial charge in [-0.3, -0.25) is 0 Å². The van der Waals surface area contributed by atoms with Crippen LogP contribution in [-0.2, 0) is 37.7 Å². The second kappa shape index (κ2) is 15.9. The highest BCUT2D eigenvalue weighted by molar-refractivity contribution is 7.92. The van der Waals surface area contributed by atoms with Gasteiger partial charge in [0.15, 0.2) is 0 Å². The number of hydrogen-bond acceptors (Lipinski definition) is 9. The van der Waals surface area contributed by atoms with Crippen LogP contribution in [0, 0.1) is 11.6 Å². The number of hydrogen-bond donors (Lipinski definition) is 0.